The van der Waals surface area contributed by atoms with Crippen molar-refractivity contribution in [3.63, 3.8) is 0 Å². The van der Waals surface area contributed by atoms with E-state index in [-0.39, 0.29) is 18.0 Å². The normalized spacial score (nSPS) is 11.3. The number of carbonyl (C=O) groups is 1. The summed E-state index contributed by atoms with van der Waals surface area (Å²) >= 11 is 1.34. The molecule has 35 heavy (non-hydrogen) atoms. The lowest BCUT2D eigenvalue weighted by Gasteiger charge is -2.14. The van der Waals surface area contributed by atoms with Crippen molar-refractivity contribution in [2.45, 2.75) is 33.7 Å². The smallest absolute Gasteiger partial charge is 0.325 e. The molecule has 1 N–H and O–H groups in total. The van der Waals surface area contributed by atoms with Crippen molar-refractivity contribution in [3.8, 4) is 5.69 Å². The van der Waals surface area contributed by atoms with Crippen LogP contribution < -0.4 is 16.6 Å². The lowest BCUT2D eigenvalue weighted by molar-refractivity contribution is -0.116. The molecule has 176 valence electrons. The summed E-state index contributed by atoms with van der Waals surface area (Å²) < 4.78 is 3.92. The zero-order chi connectivity index (χ0) is 24.7. The molecule has 2 heterocycles. The number of hydrogen-bond donors (Lipinski definition) is 1. The van der Waals surface area contributed by atoms with Gasteiger partial charge in [0.2, 0.25) is 5.91 Å². The molecular weight excluding hydrogens is 458 g/mol. The van der Waals surface area contributed by atoms with Crippen LogP contribution in [-0.4, -0.2) is 15.0 Å². The lowest BCUT2D eigenvalue weighted by atomic mass is 10.1. The van der Waals surface area contributed by atoms with Crippen molar-refractivity contribution in [2.75, 3.05) is 5.32 Å². The zero-order valence-electron chi connectivity index (χ0n) is 19.8. The monoisotopic (exact) mass is 483 g/mol. The van der Waals surface area contributed by atoms with Crippen molar-refractivity contribution < 1.29 is 4.79 Å². The van der Waals surface area contributed by atoms with Crippen LogP contribution in [0.4, 0.5) is 5.69 Å². The minimum Gasteiger partial charge on any atom is -0.325 e. The van der Waals surface area contributed by atoms with Gasteiger partial charge in [-0.2, -0.15) is 0 Å². The molecule has 5 aromatic rings. The highest BCUT2D eigenvalue weighted by Crippen LogP contribution is 2.31. The van der Waals surface area contributed by atoms with Crippen LogP contribution in [0, 0.1) is 13.8 Å². The molecule has 2 aromatic heterocycles. The highest BCUT2D eigenvalue weighted by molar-refractivity contribution is 7.25. The quantitative estimate of drug-likeness (QED) is 0.374. The molecule has 0 bridgehead atoms. The van der Waals surface area contributed by atoms with Gasteiger partial charge in [-0.25, -0.2) is 9.36 Å². The first-order valence-corrected chi connectivity index (χ1v) is 12.3. The number of hydrogen-bond acceptors (Lipinski definition) is 4. The van der Waals surface area contributed by atoms with E-state index in [1.165, 1.54) is 20.5 Å². The van der Waals surface area contributed by atoms with Crippen molar-refractivity contribution in [1.82, 2.24) is 9.13 Å². The number of amides is 1. The molecule has 0 radical (unpaired) electrons. The lowest BCUT2D eigenvalue weighted by Crippen LogP contribution is -2.40. The summed E-state index contributed by atoms with van der Waals surface area (Å²) in [6, 6.07) is 20.8. The standard InChI is InChI=1S/C28H25N3O3S/c1-4-19-9-11-21(12-10-19)31-27(33)26-25(22-7-5-6-8-23(22)35-26)30(28(31)34)16-24(32)29-20-14-17(2)13-18(3)15-20/h5-15H,4,16H2,1-3H3,(H,29,32). The Labute approximate surface area is 206 Å². The van der Waals surface area contributed by atoms with Gasteiger partial charge in [0.05, 0.1) is 11.2 Å². The number of carbonyl (C=O) groups excluding carboxylic acids is 1. The van der Waals surface area contributed by atoms with Gasteiger partial charge in [0.15, 0.2) is 0 Å². The van der Waals surface area contributed by atoms with Gasteiger partial charge in [-0.05, 0) is 67.3 Å². The molecule has 0 aliphatic heterocycles. The molecule has 0 fully saturated rings. The molecule has 0 saturated heterocycles. The largest absolute Gasteiger partial charge is 0.336 e. The first-order chi connectivity index (χ1) is 16.9. The Hall–Kier alpha value is -3.97. The third-order valence-corrected chi connectivity index (χ3v) is 7.22. The summed E-state index contributed by atoms with van der Waals surface area (Å²) in [5.41, 5.74) is 3.93. The second kappa shape index (κ2) is 9.00. The van der Waals surface area contributed by atoms with Gasteiger partial charge in [-0.3, -0.25) is 14.2 Å². The second-order valence-electron chi connectivity index (χ2n) is 8.73. The number of nitrogens with zero attached hydrogens (tertiary/aromatic N) is 2. The molecule has 0 atom stereocenters. The minimum atomic E-state index is -0.536. The highest BCUT2D eigenvalue weighted by atomic mass is 32.1. The third-order valence-electron chi connectivity index (χ3n) is 6.07. The molecule has 3 aromatic carbocycles. The van der Waals surface area contributed by atoms with Crippen LogP contribution in [0.3, 0.4) is 0 Å². The Morgan fingerprint density at radius 2 is 1.63 bits per heavy atom. The van der Waals surface area contributed by atoms with Crippen LogP contribution in [0.1, 0.15) is 23.6 Å². The Balaban J connectivity index is 1.69. The number of rotatable bonds is 5. The maximum absolute atomic E-state index is 13.7. The summed E-state index contributed by atoms with van der Waals surface area (Å²) in [5, 5.41) is 3.70. The summed E-state index contributed by atoms with van der Waals surface area (Å²) in [5.74, 6) is -0.333. The molecule has 0 unspecified atom stereocenters. The number of fused-ring (bicyclic) bond motifs is 3. The molecule has 6 nitrogen and oxygen atoms in total. The highest BCUT2D eigenvalue weighted by Gasteiger charge is 2.21. The van der Waals surface area contributed by atoms with Crippen LogP contribution in [0.15, 0.2) is 76.3 Å². The van der Waals surface area contributed by atoms with E-state index in [1.54, 1.807) is 12.1 Å². The first kappa shape index (κ1) is 22.8. The summed E-state index contributed by atoms with van der Waals surface area (Å²) in [7, 11) is 0. The van der Waals surface area contributed by atoms with Gasteiger partial charge >= 0.3 is 5.69 Å². The van der Waals surface area contributed by atoms with E-state index in [4.69, 9.17) is 0 Å². The minimum absolute atomic E-state index is 0.212. The molecule has 0 aliphatic carbocycles. The molecule has 5 rings (SSSR count). The number of anilines is 1. The predicted octanol–water partition coefficient (Wildman–Crippen LogP) is 5.19. The summed E-state index contributed by atoms with van der Waals surface area (Å²) in [4.78, 5) is 40.4. The van der Waals surface area contributed by atoms with Gasteiger partial charge in [-0.15, -0.1) is 11.3 Å². The van der Waals surface area contributed by atoms with Gasteiger partial charge < -0.3 is 5.32 Å². The van der Waals surface area contributed by atoms with Gasteiger partial charge in [0, 0.05) is 15.8 Å². The number of benzene rings is 3. The van der Waals surface area contributed by atoms with E-state index < -0.39 is 5.69 Å². The fourth-order valence-electron chi connectivity index (χ4n) is 4.50. The van der Waals surface area contributed by atoms with E-state index in [2.05, 4.69) is 5.32 Å². The van der Waals surface area contributed by atoms with Crippen molar-refractivity contribution in [2.24, 2.45) is 0 Å². The Morgan fingerprint density at radius 1 is 0.943 bits per heavy atom. The maximum Gasteiger partial charge on any atom is 0.336 e. The number of nitrogens with one attached hydrogen (secondary N) is 1. The van der Waals surface area contributed by atoms with Crippen LogP contribution in [0.5, 0.6) is 0 Å². The van der Waals surface area contributed by atoms with E-state index in [9.17, 15) is 14.4 Å². The second-order valence-corrected chi connectivity index (χ2v) is 9.78. The number of aromatic nitrogens is 2. The van der Waals surface area contributed by atoms with Crippen molar-refractivity contribution in [1.29, 1.82) is 0 Å². The van der Waals surface area contributed by atoms with E-state index >= 15 is 0 Å². The van der Waals surface area contributed by atoms with Crippen LogP contribution in [-0.2, 0) is 17.8 Å². The maximum atomic E-state index is 13.7. The summed E-state index contributed by atoms with van der Waals surface area (Å²) in [6.07, 6.45) is 0.855. The van der Waals surface area contributed by atoms with Gasteiger partial charge in [-0.1, -0.05) is 43.3 Å². The topological polar surface area (TPSA) is 73.1 Å². The predicted molar refractivity (Wildman–Crippen MR) is 143 cm³/mol. The third kappa shape index (κ3) is 4.19. The van der Waals surface area contributed by atoms with Crippen LogP contribution in [0.25, 0.3) is 26.0 Å². The average Bonchev–Trinajstić information content (AvgIpc) is 3.21. The van der Waals surface area contributed by atoms with Crippen LogP contribution in [0.2, 0.25) is 0 Å². The van der Waals surface area contributed by atoms with E-state index in [1.807, 2.05) is 75.4 Å². The van der Waals surface area contributed by atoms with Crippen molar-refractivity contribution >= 4 is 43.2 Å². The van der Waals surface area contributed by atoms with Crippen LogP contribution >= 0.6 is 11.3 Å². The molecule has 0 aliphatic rings. The van der Waals surface area contributed by atoms with Crippen molar-refractivity contribution in [3.05, 3.63) is 104 Å². The fourth-order valence-corrected chi connectivity index (χ4v) is 5.63. The SMILES string of the molecule is CCc1ccc(-n2c(=O)c3sc4ccccc4c3n(CC(=O)Nc3cc(C)cc(C)c3)c2=O)cc1. The van der Waals surface area contributed by atoms with E-state index in [0.717, 1.165) is 33.2 Å². The fraction of sp³-hybridized carbons (Fsp3) is 0.179. The molecule has 1 amide bonds. The molecule has 7 heteroatoms. The first-order valence-electron chi connectivity index (χ1n) is 11.5. The Morgan fingerprint density at radius 3 is 2.31 bits per heavy atom. The average molecular weight is 484 g/mol. The molecular formula is C28H25N3O3S. The summed E-state index contributed by atoms with van der Waals surface area (Å²) in [6.45, 7) is 5.77. The van der Waals surface area contributed by atoms with Gasteiger partial charge in [0.25, 0.3) is 5.56 Å². The zero-order valence-corrected chi connectivity index (χ0v) is 20.6. The number of aryl methyl sites for hydroxylation is 3. The molecule has 0 saturated carbocycles. The van der Waals surface area contributed by atoms with Gasteiger partial charge in [0.1, 0.15) is 11.2 Å². The Bertz CT molecular complexity index is 1690. The van der Waals surface area contributed by atoms with E-state index in [0.29, 0.717) is 21.6 Å². The number of thiophene rings is 1. The molecule has 0 spiro atoms. The Kier molecular flexibility index (Phi) is 5.86.